The van der Waals surface area contributed by atoms with Gasteiger partial charge in [-0.3, -0.25) is 19.2 Å². The van der Waals surface area contributed by atoms with E-state index in [1.807, 2.05) is 48.5 Å². The Balaban J connectivity index is 0.824. The normalized spacial score (nSPS) is 18.1. The number of hydrogen-bond donors (Lipinski definition) is 0. The highest BCUT2D eigenvalue weighted by atomic mass is 16.7. The quantitative estimate of drug-likeness (QED) is 0.0829. The van der Waals surface area contributed by atoms with Gasteiger partial charge in [-0.2, -0.15) is 0 Å². The zero-order valence-electron chi connectivity index (χ0n) is 48.8. The van der Waals surface area contributed by atoms with E-state index in [1.54, 1.807) is 0 Å². The molecule has 4 heterocycles. The Labute approximate surface area is 475 Å². The lowest BCUT2D eigenvalue weighted by Gasteiger charge is -2.28. The Morgan fingerprint density at radius 2 is 0.741 bits per heavy atom. The molecule has 0 spiro atoms. The number of carbonyl (C=O) groups excluding carboxylic acids is 4. The van der Waals surface area contributed by atoms with Gasteiger partial charge >= 0.3 is 0 Å². The topological polar surface area (TPSA) is 112 Å². The second-order valence-corrected chi connectivity index (χ2v) is 24.7. The standard InChI is InChI=1S/C71H74N2O8/c1-37(2)55-33-53(80-64-16-12-14-18-78-64)34-56(38(3)4)66(55)72-68(74)60-29-49-24-45-20-41(9)44(23-47(45)26-51(49)31-62(60)70(72)76)21-42(10)59-28-48-27-52-32-63-61(30-50(52)25-46(48)22-43(59)11)69(75)73(71(63)77)67-57(39(5)6)35-54(36-58(67)40(7)8)81-65-17-13-15-19-79-65/h20,22-40,42,64-65H,12-19,21H2,1-11H3. The maximum absolute atomic E-state index is 14.7. The molecule has 2 saturated heterocycles. The average molecular weight is 1080 g/mol. The molecule has 0 radical (unpaired) electrons. The number of aryl methyl sites for hydroxylation is 2. The van der Waals surface area contributed by atoms with Gasteiger partial charge in [0.15, 0.2) is 12.6 Å². The Morgan fingerprint density at radius 3 is 1.09 bits per heavy atom. The SMILES string of the molecule is Cc1cc2cc3cc4c(cc3cc2cc1CC(C)c1cc2cc3cc5c(cc3cc2cc1C)C(=O)N(c1c(C(C)C)cc(OC2CCCCO2)cc1C(C)C)C5=O)C(=O)N(c1c(C(C)C)cc(OC2CCCCO2)cc1C(C)C)C4=O. The van der Waals surface area contributed by atoms with Gasteiger partial charge in [0.05, 0.1) is 46.8 Å². The number of amides is 4. The van der Waals surface area contributed by atoms with E-state index in [0.29, 0.717) is 58.3 Å². The van der Waals surface area contributed by atoms with Crippen LogP contribution in [-0.2, 0) is 15.9 Å². The maximum atomic E-state index is 14.7. The lowest BCUT2D eigenvalue weighted by atomic mass is 9.86. The van der Waals surface area contributed by atoms with Gasteiger partial charge in [-0.05, 0) is 236 Å². The van der Waals surface area contributed by atoms with Crippen LogP contribution in [-0.4, -0.2) is 49.4 Å². The molecule has 4 amide bonds. The van der Waals surface area contributed by atoms with Gasteiger partial charge in [-0.1, -0.05) is 86.6 Å². The molecule has 3 unspecified atom stereocenters. The fourth-order valence-corrected chi connectivity index (χ4v) is 13.1. The summed E-state index contributed by atoms with van der Waals surface area (Å²) in [6.45, 7) is 24.7. The van der Waals surface area contributed by atoms with Crippen molar-refractivity contribution in [2.45, 2.75) is 163 Å². The summed E-state index contributed by atoms with van der Waals surface area (Å²) in [4.78, 5) is 61.3. The van der Waals surface area contributed by atoms with Crippen LogP contribution in [0.25, 0.3) is 43.1 Å². The molecule has 416 valence electrons. The lowest BCUT2D eigenvalue weighted by Crippen LogP contribution is -2.32. The van der Waals surface area contributed by atoms with Crippen LogP contribution in [0.4, 0.5) is 11.4 Å². The van der Waals surface area contributed by atoms with E-state index in [-0.39, 0.29) is 65.8 Å². The van der Waals surface area contributed by atoms with Crippen molar-refractivity contribution in [3.05, 3.63) is 164 Å². The minimum absolute atomic E-state index is 0.0132. The van der Waals surface area contributed by atoms with Gasteiger partial charge < -0.3 is 18.9 Å². The van der Waals surface area contributed by atoms with Crippen LogP contribution in [0.5, 0.6) is 11.5 Å². The van der Waals surface area contributed by atoms with E-state index in [1.165, 1.54) is 32.1 Å². The summed E-state index contributed by atoms with van der Waals surface area (Å²) in [5.74, 6) is 0.382. The Bertz CT molecular complexity index is 3870. The van der Waals surface area contributed by atoms with E-state index in [9.17, 15) is 19.2 Å². The first-order valence-corrected chi connectivity index (χ1v) is 29.5. The smallest absolute Gasteiger partial charge is 0.266 e. The molecule has 3 atom stereocenters. The van der Waals surface area contributed by atoms with Crippen molar-refractivity contribution in [2.75, 3.05) is 23.0 Å². The summed E-state index contributed by atoms with van der Waals surface area (Å²) in [6.07, 6.45) is 5.97. The summed E-state index contributed by atoms with van der Waals surface area (Å²) in [5, 5.41) is 7.92. The van der Waals surface area contributed by atoms with Crippen molar-refractivity contribution in [1.82, 2.24) is 0 Å². The van der Waals surface area contributed by atoms with E-state index in [2.05, 4.69) is 125 Å². The average Bonchev–Trinajstić information content (AvgIpc) is 4.10. The molecule has 4 aliphatic heterocycles. The fraction of sp³-hybridized carbons (Fsp3) is 0.380. The van der Waals surface area contributed by atoms with E-state index in [4.69, 9.17) is 18.9 Å². The minimum Gasteiger partial charge on any atom is -0.465 e. The first kappa shape index (κ1) is 54.2. The van der Waals surface area contributed by atoms with Gasteiger partial charge in [-0.25, -0.2) is 9.80 Å². The maximum Gasteiger partial charge on any atom is 0.266 e. The molecule has 0 aromatic heterocycles. The molecule has 10 heteroatoms. The van der Waals surface area contributed by atoms with Crippen LogP contribution >= 0.6 is 0 Å². The molecule has 0 bridgehead atoms. The summed E-state index contributed by atoms with van der Waals surface area (Å²) in [7, 11) is 0. The first-order chi connectivity index (χ1) is 38.8. The molecular formula is C71H74N2O8. The Morgan fingerprint density at radius 1 is 0.407 bits per heavy atom. The minimum atomic E-state index is -0.315. The molecule has 0 aliphatic carbocycles. The van der Waals surface area contributed by atoms with Crippen molar-refractivity contribution < 1.29 is 38.1 Å². The number of ether oxygens (including phenoxy) is 4. The van der Waals surface area contributed by atoms with Gasteiger partial charge in [0.25, 0.3) is 23.6 Å². The molecule has 12 rings (SSSR count). The first-order valence-electron chi connectivity index (χ1n) is 29.5. The highest BCUT2D eigenvalue weighted by molar-refractivity contribution is 6.37. The number of imide groups is 2. The van der Waals surface area contributed by atoms with Crippen molar-refractivity contribution in [3.63, 3.8) is 0 Å². The van der Waals surface area contributed by atoms with Crippen molar-refractivity contribution in [1.29, 1.82) is 0 Å². The predicted octanol–water partition coefficient (Wildman–Crippen LogP) is 17.2. The number of rotatable bonds is 13. The van der Waals surface area contributed by atoms with Crippen molar-refractivity contribution in [2.24, 2.45) is 0 Å². The predicted molar refractivity (Wildman–Crippen MR) is 324 cm³/mol. The summed E-state index contributed by atoms with van der Waals surface area (Å²) < 4.78 is 24.6. The lowest BCUT2D eigenvalue weighted by molar-refractivity contribution is -0.106. The summed E-state index contributed by atoms with van der Waals surface area (Å²) >= 11 is 0. The number of carbonyl (C=O) groups is 4. The molecule has 4 aliphatic rings. The summed E-state index contributed by atoms with van der Waals surface area (Å²) in [6, 6.07) is 33.2. The van der Waals surface area contributed by atoms with Gasteiger partial charge in [0, 0.05) is 12.8 Å². The third kappa shape index (κ3) is 9.76. The van der Waals surface area contributed by atoms with Gasteiger partial charge in [0.1, 0.15) is 11.5 Å². The molecule has 81 heavy (non-hydrogen) atoms. The summed E-state index contributed by atoms with van der Waals surface area (Å²) in [5.41, 5.74) is 11.4. The van der Waals surface area contributed by atoms with Gasteiger partial charge in [-0.15, -0.1) is 0 Å². The number of hydrogen-bond acceptors (Lipinski definition) is 8. The van der Waals surface area contributed by atoms with E-state index >= 15 is 0 Å². The van der Waals surface area contributed by atoms with Crippen LogP contribution in [0.15, 0.2) is 97.1 Å². The van der Waals surface area contributed by atoms with E-state index in [0.717, 1.165) is 110 Å². The van der Waals surface area contributed by atoms with Crippen LogP contribution < -0.4 is 19.3 Å². The third-order valence-electron chi connectivity index (χ3n) is 17.5. The van der Waals surface area contributed by atoms with Crippen molar-refractivity contribution in [3.8, 4) is 11.5 Å². The molecular weight excluding hydrogens is 1010 g/mol. The van der Waals surface area contributed by atoms with Gasteiger partial charge in [0.2, 0.25) is 0 Å². The fourth-order valence-electron chi connectivity index (χ4n) is 13.1. The second kappa shape index (κ2) is 21.2. The van der Waals surface area contributed by atoms with Crippen LogP contribution in [0.1, 0.15) is 216 Å². The number of nitrogens with zero attached hydrogens (tertiary/aromatic N) is 2. The largest absolute Gasteiger partial charge is 0.465 e. The molecule has 10 nitrogen and oxygen atoms in total. The van der Waals surface area contributed by atoms with Crippen LogP contribution in [0.3, 0.4) is 0 Å². The second-order valence-electron chi connectivity index (χ2n) is 24.7. The molecule has 8 aromatic carbocycles. The van der Waals surface area contributed by atoms with Crippen LogP contribution in [0.2, 0.25) is 0 Å². The number of anilines is 2. The number of fused-ring (bicyclic) bond motifs is 6. The highest BCUT2D eigenvalue weighted by Crippen LogP contribution is 2.46. The Kier molecular flexibility index (Phi) is 14.2. The molecule has 0 saturated carbocycles. The molecule has 0 N–H and O–H groups in total. The zero-order chi connectivity index (χ0) is 56.9. The Hall–Kier alpha value is -7.40. The van der Waals surface area contributed by atoms with E-state index < -0.39 is 0 Å². The zero-order valence-corrected chi connectivity index (χ0v) is 48.8. The van der Waals surface area contributed by atoms with Crippen LogP contribution in [0, 0.1) is 13.8 Å². The highest BCUT2D eigenvalue weighted by Gasteiger charge is 2.42. The molecule has 2 fully saturated rings. The third-order valence-corrected chi connectivity index (χ3v) is 17.5. The molecule has 8 aromatic rings. The van der Waals surface area contributed by atoms with Crippen molar-refractivity contribution >= 4 is 78.1 Å². The number of benzene rings is 8. The monoisotopic (exact) mass is 1080 g/mol.